The van der Waals surface area contributed by atoms with E-state index >= 15 is 0 Å². The second-order valence-corrected chi connectivity index (χ2v) is 0.644. The summed E-state index contributed by atoms with van der Waals surface area (Å²) in [5, 5.41) is 0. The Bertz CT molecular complexity index is 54.6. The van der Waals surface area contributed by atoms with Gasteiger partial charge in [0.2, 0.25) is 0 Å². The molecule has 6 heavy (non-hydrogen) atoms. The van der Waals surface area contributed by atoms with Gasteiger partial charge in [-0.3, -0.25) is 0 Å². The lowest BCUT2D eigenvalue weighted by atomic mass is 10.6. The summed E-state index contributed by atoms with van der Waals surface area (Å²) in [5.74, 6) is 0. The number of nitrogens with two attached hydrogens (primary N) is 1. The summed E-state index contributed by atoms with van der Waals surface area (Å²) in [5.41, 5.74) is 7.50. The van der Waals surface area contributed by atoms with Crippen molar-refractivity contribution in [3.05, 3.63) is 18.4 Å². The Morgan fingerprint density at radius 3 is 2.33 bits per heavy atom. The van der Waals surface area contributed by atoms with Crippen molar-refractivity contribution in [2.75, 3.05) is 6.54 Å². The topological polar surface area (TPSA) is 26.0 Å². The highest BCUT2D eigenvalue weighted by atomic mass is 35.5. The Balaban J connectivity index is 0. The molecule has 0 fully saturated rings. The number of halogens is 1. The van der Waals surface area contributed by atoms with Crippen molar-refractivity contribution < 1.29 is 0 Å². The predicted octanol–water partition coefficient (Wildman–Crippen LogP) is 0.708. The van der Waals surface area contributed by atoms with Gasteiger partial charge in [-0.2, -0.15) is 0 Å². The second-order valence-electron chi connectivity index (χ2n) is 0.644. The zero-order chi connectivity index (χ0) is 4.12. The Morgan fingerprint density at radius 1 is 1.83 bits per heavy atom. The Labute approximate surface area is 43.9 Å². The Hall–Kier alpha value is -0.230. The van der Waals surface area contributed by atoms with Crippen LogP contribution in [0.5, 0.6) is 0 Å². The highest BCUT2D eigenvalue weighted by molar-refractivity contribution is 5.85. The molecule has 0 radical (unpaired) electrons. The smallest absolute Gasteiger partial charge is 0.0182 e. The summed E-state index contributed by atoms with van der Waals surface area (Å²) in [6, 6.07) is 0. The fourth-order valence-corrected chi connectivity index (χ4v) is 0.0833. The molecule has 0 atom stereocenters. The normalized spacial score (nSPS) is 4.83. The molecule has 0 aromatic heterocycles. The summed E-state index contributed by atoms with van der Waals surface area (Å²) in [7, 11) is 0. The number of hydrogen-bond acceptors (Lipinski definition) is 1. The lowest BCUT2D eigenvalue weighted by Crippen LogP contribution is -1.90. The standard InChI is InChI=1S/C4H7N.ClH/c1-2-3-4-5;/h3H,1,4-5H2;1H. The van der Waals surface area contributed by atoms with Gasteiger partial charge in [0, 0.05) is 6.54 Å². The molecule has 0 rings (SSSR count). The maximum absolute atomic E-state index is 4.98. The molecule has 0 aliphatic heterocycles. The fraction of sp³-hybridized carbons (Fsp3) is 0.250. The van der Waals surface area contributed by atoms with Gasteiger partial charge >= 0.3 is 0 Å². The van der Waals surface area contributed by atoms with Crippen molar-refractivity contribution in [1.29, 1.82) is 0 Å². The molecule has 0 heterocycles. The van der Waals surface area contributed by atoms with Crippen LogP contribution in [0.1, 0.15) is 0 Å². The van der Waals surface area contributed by atoms with E-state index in [-0.39, 0.29) is 12.4 Å². The number of hydrogen-bond donors (Lipinski definition) is 1. The molecule has 0 spiro atoms. The van der Waals surface area contributed by atoms with E-state index in [1.807, 2.05) is 0 Å². The average molecular weight is 106 g/mol. The molecule has 0 saturated carbocycles. The molecular formula is C4H8ClN. The third kappa shape index (κ3) is 9.23. The summed E-state index contributed by atoms with van der Waals surface area (Å²) in [4.78, 5) is 0. The van der Waals surface area contributed by atoms with Gasteiger partial charge in [0.15, 0.2) is 0 Å². The van der Waals surface area contributed by atoms with E-state index in [1.165, 1.54) is 0 Å². The van der Waals surface area contributed by atoms with Gasteiger partial charge in [-0.15, -0.1) is 18.1 Å². The van der Waals surface area contributed by atoms with E-state index in [9.17, 15) is 0 Å². The van der Waals surface area contributed by atoms with Gasteiger partial charge < -0.3 is 5.73 Å². The predicted molar refractivity (Wildman–Crippen MR) is 30.0 cm³/mol. The molecule has 0 aromatic carbocycles. The van der Waals surface area contributed by atoms with Crippen LogP contribution in [0.15, 0.2) is 18.4 Å². The van der Waals surface area contributed by atoms with E-state index in [2.05, 4.69) is 12.3 Å². The van der Waals surface area contributed by atoms with Crippen molar-refractivity contribution in [2.24, 2.45) is 5.73 Å². The van der Waals surface area contributed by atoms with Gasteiger partial charge in [0.25, 0.3) is 0 Å². The fourth-order valence-electron chi connectivity index (χ4n) is 0.0833. The van der Waals surface area contributed by atoms with Gasteiger partial charge in [0.1, 0.15) is 0 Å². The van der Waals surface area contributed by atoms with Crippen molar-refractivity contribution in [1.82, 2.24) is 0 Å². The van der Waals surface area contributed by atoms with E-state index in [0.717, 1.165) is 0 Å². The molecule has 0 aliphatic rings. The first-order valence-electron chi connectivity index (χ1n) is 1.46. The highest BCUT2D eigenvalue weighted by Crippen LogP contribution is 1.47. The van der Waals surface area contributed by atoms with Crippen LogP contribution in [-0.4, -0.2) is 6.54 Å². The lowest BCUT2D eigenvalue weighted by Gasteiger charge is -1.62. The quantitative estimate of drug-likeness (QED) is 0.489. The number of rotatable bonds is 1. The SMILES string of the molecule is C=C=CCN.Cl. The van der Waals surface area contributed by atoms with Gasteiger partial charge in [-0.25, -0.2) is 0 Å². The second kappa shape index (κ2) is 8.84. The molecule has 0 bridgehead atoms. The molecule has 0 unspecified atom stereocenters. The summed E-state index contributed by atoms with van der Waals surface area (Å²) < 4.78 is 0. The summed E-state index contributed by atoms with van der Waals surface area (Å²) in [6.45, 7) is 3.84. The molecule has 0 amide bonds. The van der Waals surface area contributed by atoms with Crippen LogP contribution in [0.2, 0.25) is 0 Å². The first-order chi connectivity index (χ1) is 2.41. The summed E-state index contributed by atoms with van der Waals surface area (Å²) in [6.07, 6.45) is 1.67. The van der Waals surface area contributed by atoms with Crippen molar-refractivity contribution >= 4 is 12.4 Å². The maximum atomic E-state index is 4.98. The zero-order valence-electron chi connectivity index (χ0n) is 3.48. The largest absolute Gasteiger partial charge is 0.326 e. The molecule has 36 valence electrons. The summed E-state index contributed by atoms with van der Waals surface area (Å²) >= 11 is 0. The van der Waals surface area contributed by atoms with Gasteiger partial charge in [-0.1, -0.05) is 6.58 Å². The Kier molecular flexibility index (Phi) is 13.6. The van der Waals surface area contributed by atoms with Crippen LogP contribution in [0, 0.1) is 0 Å². The van der Waals surface area contributed by atoms with E-state index in [1.54, 1.807) is 6.08 Å². The van der Waals surface area contributed by atoms with Gasteiger partial charge in [0.05, 0.1) is 0 Å². The highest BCUT2D eigenvalue weighted by Gasteiger charge is 1.47. The van der Waals surface area contributed by atoms with Crippen LogP contribution in [-0.2, 0) is 0 Å². The van der Waals surface area contributed by atoms with Gasteiger partial charge in [-0.05, 0) is 6.08 Å². The van der Waals surface area contributed by atoms with E-state index in [4.69, 9.17) is 5.73 Å². The lowest BCUT2D eigenvalue weighted by molar-refractivity contribution is 1.26. The van der Waals surface area contributed by atoms with Crippen molar-refractivity contribution in [2.45, 2.75) is 0 Å². The maximum Gasteiger partial charge on any atom is 0.0182 e. The molecule has 0 saturated heterocycles. The van der Waals surface area contributed by atoms with Crippen LogP contribution in [0.3, 0.4) is 0 Å². The molecular weight excluding hydrogens is 97.5 g/mol. The monoisotopic (exact) mass is 105 g/mol. The first-order valence-corrected chi connectivity index (χ1v) is 1.46. The minimum atomic E-state index is 0. The Morgan fingerprint density at radius 2 is 2.33 bits per heavy atom. The average Bonchev–Trinajstić information content (AvgIpc) is 1.41. The minimum absolute atomic E-state index is 0. The van der Waals surface area contributed by atoms with Crippen molar-refractivity contribution in [3.8, 4) is 0 Å². The van der Waals surface area contributed by atoms with E-state index in [0.29, 0.717) is 6.54 Å². The third-order valence-corrected chi connectivity index (χ3v) is 0.262. The van der Waals surface area contributed by atoms with E-state index < -0.39 is 0 Å². The van der Waals surface area contributed by atoms with Crippen LogP contribution < -0.4 is 5.73 Å². The third-order valence-electron chi connectivity index (χ3n) is 0.262. The van der Waals surface area contributed by atoms with Crippen molar-refractivity contribution in [3.63, 3.8) is 0 Å². The minimum Gasteiger partial charge on any atom is -0.326 e. The molecule has 2 N–H and O–H groups in total. The van der Waals surface area contributed by atoms with Crippen LogP contribution in [0.25, 0.3) is 0 Å². The molecule has 1 nitrogen and oxygen atoms in total. The molecule has 2 heteroatoms. The first kappa shape index (κ1) is 9.24. The van der Waals surface area contributed by atoms with Crippen LogP contribution >= 0.6 is 12.4 Å². The zero-order valence-corrected chi connectivity index (χ0v) is 4.29. The molecule has 0 aromatic rings. The molecule has 0 aliphatic carbocycles. The van der Waals surface area contributed by atoms with Crippen LogP contribution in [0.4, 0.5) is 0 Å².